The van der Waals surface area contributed by atoms with Gasteiger partial charge in [-0.3, -0.25) is 4.79 Å². The van der Waals surface area contributed by atoms with Crippen LogP contribution in [-0.4, -0.2) is 15.7 Å². The summed E-state index contributed by atoms with van der Waals surface area (Å²) in [6.07, 6.45) is 0.606. The van der Waals surface area contributed by atoms with Crippen LogP contribution in [0.2, 0.25) is 0 Å². The molecule has 0 fully saturated rings. The highest BCUT2D eigenvalue weighted by atomic mass is 19.1. The molecule has 1 aliphatic rings. The predicted molar refractivity (Wildman–Crippen MR) is 102 cm³/mol. The van der Waals surface area contributed by atoms with E-state index in [1.54, 1.807) is 0 Å². The standard InChI is InChI=1S/C21H20F2N4O/c1-2-17-19(21(28)24-11-13-8-15(22)10-16(23)9-13)20-25-18(12-27(20)26-17)14-6-4-3-5-7-14/h3-10,18,25H,2,11-12H2,1H3,(H,24,28)/t18-/m0/s1. The SMILES string of the molecule is CCc1nn2c(c1C(=O)NCc1cc(F)cc(F)c1)N[C@H](c1ccccc1)C2. The molecule has 4 rings (SSSR count). The van der Waals surface area contributed by atoms with Crippen molar-refractivity contribution in [2.24, 2.45) is 0 Å². The van der Waals surface area contributed by atoms with Gasteiger partial charge in [0.2, 0.25) is 0 Å². The zero-order valence-corrected chi connectivity index (χ0v) is 15.4. The van der Waals surface area contributed by atoms with Gasteiger partial charge < -0.3 is 10.6 Å². The summed E-state index contributed by atoms with van der Waals surface area (Å²) in [5.74, 6) is -0.979. The Labute approximate surface area is 161 Å². The van der Waals surface area contributed by atoms with Crippen LogP contribution in [0.1, 0.15) is 40.1 Å². The molecule has 28 heavy (non-hydrogen) atoms. The maximum absolute atomic E-state index is 13.4. The number of rotatable bonds is 5. The molecule has 1 aliphatic heterocycles. The predicted octanol–water partition coefficient (Wildman–Crippen LogP) is 3.82. The number of carbonyl (C=O) groups excluding carboxylic acids is 1. The van der Waals surface area contributed by atoms with Gasteiger partial charge in [0.1, 0.15) is 23.0 Å². The number of aryl methyl sites for hydroxylation is 1. The summed E-state index contributed by atoms with van der Waals surface area (Å²) in [5.41, 5.74) is 2.66. The highest BCUT2D eigenvalue weighted by Gasteiger charge is 2.30. The Hall–Kier alpha value is -3.22. The average Bonchev–Trinajstić information content (AvgIpc) is 3.23. The van der Waals surface area contributed by atoms with Crippen molar-refractivity contribution in [2.75, 3.05) is 5.32 Å². The lowest BCUT2D eigenvalue weighted by molar-refractivity contribution is 0.0950. The molecule has 2 heterocycles. The van der Waals surface area contributed by atoms with Crippen LogP contribution >= 0.6 is 0 Å². The number of hydrogen-bond acceptors (Lipinski definition) is 3. The molecule has 5 nitrogen and oxygen atoms in total. The van der Waals surface area contributed by atoms with Gasteiger partial charge in [-0.1, -0.05) is 37.3 Å². The van der Waals surface area contributed by atoms with Gasteiger partial charge in [0.05, 0.1) is 18.3 Å². The second-order valence-corrected chi connectivity index (χ2v) is 6.77. The quantitative estimate of drug-likeness (QED) is 0.705. The van der Waals surface area contributed by atoms with E-state index in [4.69, 9.17) is 0 Å². The van der Waals surface area contributed by atoms with Crippen molar-refractivity contribution in [2.45, 2.75) is 32.5 Å². The van der Waals surface area contributed by atoms with Crippen molar-refractivity contribution in [3.8, 4) is 0 Å². The van der Waals surface area contributed by atoms with E-state index < -0.39 is 11.6 Å². The molecule has 0 unspecified atom stereocenters. The molecule has 0 aliphatic carbocycles. The van der Waals surface area contributed by atoms with E-state index in [1.165, 1.54) is 12.1 Å². The van der Waals surface area contributed by atoms with Crippen LogP contribution < -0.4 is 10.6 Å². The fourth-order valence-electron chi connectivity index (χ4n) is 3.52. The van der Waals surface area contributed by atoms with E-state index in [2.05, 4.69) is 15.7 Å². The first-order chi connectivity index (χ1) is 13.5. The van der Waals surface area contributed by atoms with Crippen LogP contribution in [0.3, 0.4) is 0 Å². The molecule has 0 spiro atoms. The Balaban J connectivity index is 1.54. The summed E-state index contributed by atoms with van der Waals surface area (Å²) in [4.78, 5) is 12.8. The van der Waals surface area contributed by atoms with Crippen molar-refractivity contribution in [3.63, 3.8) is 0 Å². The van der Waals surface area contributed by atoms with Crippen LogP contribution in [0.5, 0.6) is 0 Å². The molecule has 0 radical (unpaired) electrons. The number of nitrogens with zero attached hydrogens (tertiary/aromatic N) is 2. The van der Waals surface area contributed by atoms with E-state index >= 15 is 0 Å². The third kappa shape index (κ3) is 3.47. The Morgan fingerprint density at radius 2 is 1.93 bits per heavy atom. The van der Waals surface area contributed by atoms with Gasteiger partial charge >= 0.3 is 0 Å². The zero-order valence-electron chi connectivity index (χ0n) is 15.4. The molecule has 0 saturated carbocycles. The third-order valence-electron chi connectivity index (χ3n) is 4.83. The first kappa shape index (κ1) is 18.2. The number of carbonyl (C=O) groups is 1. The Kier molecular flexibility index (Phi) is 4.81. The lowest BCUT2D eigenvalue weighted by atomic mass is 10.1. The third-order valence-corrected chi connectivity index (χ3v) is 4.83. The number of halogens is 2. The van der Waals surface area contributed by atoms with E-state index in [9.17, 15) is 13.6 Å². The minimum atomic E-state index is -0.669. The lowest BCUT2D eigenvalue weighted by Gasteiger charge is -2.12. The van der Waals surface area contributed by atoms with E-state index in [0.717, 1.165) is 11.6 Å². The summed E-state index contributed by atoms with van der Waals surface area (Å²) in [6.45, 7) is 2.60. The number of anilines is 1. The summed E-state index contributed by atoms with van der Waals surface area (Å²) in [5, 5.41) is 10.7. The summed E-state index contributed by atoms with van der Waals surface area (Å²) in [7, 11) is 0. The van der Waals surface area contributed by atoms with E-state index in [-0.39, 0.29) is 18.5 Å². The van der Waals surface area contributed by atoms with Gasteiger partial charge in [0.15, 0.2) is 0 Å². The first-order valence-corrected chi connectivity index (χ1v) is 9.19. The fourth-order valence-corrected chi connectivity index (χ4v) is 3.52. The van der Waals surface area contributed by atoms with Gasteiger partial charge in [-0.15, -0.1) is 0 Å². The number of nitrogens with one attached hydrogen (secondary N) is 2. The molecule has 3 aromatic rings. The van der Waals surface area contributed by atoms with Crippen molar-refractivity contribution < 1.29 is 13.6 Å². The minimum Gasteiger partial charge on any atom is -0.361 e. The van der Waals surface area contributed by atoms with Gasteiger partial charge in [-0.2, -0.15) is 5.10 Å². The molecule has 2 aromatic carbocycles. The van der Waals surface area contributed by atoms with Crippen LogP contribution in [0, 0.1) is 11.6 Å². The number of benzene rings is 2. The first-order valence-electron chi connectivity index (χ1n) is 9.19. The molecule has 7 heteroatoms. The molecule has 2 N–H and O–H groups in total. The van der Waals surface area contributed by atoms with Crippen molar-refractivity contribution in [1.29, 1.82) is 0 Å². The highest BCUT2D eigenvalue weighted by Crippen LogP contribution is 2.33. The monoisotopic (exact) mass is 382 g/mol. The Morgan fingerprint density at radius 3 is 2.61 bits per heavy atom. The van der Waals surface area contributed by atoms with Crippen LogP contribution in [0.4, 0.5) is 14.6 Å². The number of hydrogen-bond donors (Lipinski definition) is 2. The second kappa shape index (κ2) is 7.42. The molecule has 0 saturated heterocycles. The molecular weight excluding hydrogens is 362 g/mol. The van der Waals surface area contributed by atoms with Crippen LogP contribution in [-0.2, 0) is 19.5 Å². The molecular formula is C21H20F2N4O. The molecule has 144 valence electrons. The van der Waals surface area contributed by atoms with Crippen molar-refractivity contribution in [3.05, 3.63) is 82.5 Å². The maximum atomic E-state index is 13.4. The highest BCUT2D eigenvalue weighted by molar-refractivity contribution is 6.00. The number of aromatic nitrogens is 2. The van der Waals surface area contributed by atoms with Crippen molar-refractivity contribution >= 4 is 11.7 Å². The lowest BCUT2D eigenvalue weighted by Crippen LogP contribution is -2.24. The average molecular weight is 382 g/mol. The molecule has 1 amide bonds. The normalized spacial score (nSPS) is 15.2. The minimum absolute atomic E-state index is 0.0312. The maximum Gasteiger partial charge on any atom is 0.257 e. The van der Waals surface area contributed by atoms with Crippen LogP contribution in [0.25, 0.3) is 0 Å². The number of amides is 1. The summed E-state index contributed by atoms with van der Waals surface area (Å²) >= 11 is 0. The Morgan fingerprint density at radius 1 is 1.21 bits per heavy atom. The van der Waals surface area contributed by atoms with Crippen molar-refractivity contribution in [1.82, 2.24) is 15.1 Å². The van der Waals surface area contributed by atoms with Gasteiger partial charge in [-0.25, -0.2) is 13.5 Å². The number of fused-ring (bicyclic) bond motifs is 1. The zero-order chi connectivity index (χ0) is 19.7. The van der Waals surface area contributed by atoms with Gasteiger partial charge in [-0.05, 0) is 29.7 Å². The molecule has 1 aromatic heterocycles. The smallest absolute Gasteiger partial charge is 0.257 e. The van der Waals surface area contributed by atoms with Crippen LogP contribution in [0.15, 0.2) is 48.5 Å². The Bertz CT molecular complexity index is 996. The van der Waals surface area contributed by atoms with Gasteiger partial charge in [0.25, 0.3) is 5.91 Å². The van der Waals surface area contributed by atoms with Gasteiger partial charge in [0, 0.05) is 12.6 Å². The summed E-state index contributed by atoms with van der Waals surface area (Å²) in [6, 6.07) is 13.2. The topological polar surface area (TPSA) is 59.0 Å². The molecule has 1 atom stereocenters. The molecule has 0 bridgehead atoms. The second-order valence-electron chi connectivity index (χ2n) is 6.77. The fraction of sp³-hybridized carbons (Fsp3) is 0.238. The van der Waals surface area contributed by atoms with E-state index in [0.29, 0.717) is 35.6 Å². The van der Waals surface area contributed by atoms with E-state index in [1.807, 2.05) is 41.9 Å². The summed E-state index contributed by atoms with van der Waals surface area (Å²) < 4.78 is 28.5. The largest absolute Gasteiger partial charge is 0.361 e.